The van der Waals surface area contributed by atoms with Crippen molar-refractivity contribution in [1.29, 1.82) is 0 Å². The molecule has 5 aromatic heterocycles. The lowest BCUT2D eigenvalue weighted by molar-refractivity contribution is -0.123. The summed E-state index contributed by atoms with van der Waals surface area (Å²) >= 11 is 1.33. The van der Waals surface area contributed by atoms with Crippen molar-refractivity contribution in [2.45, 2.75) is 6.54 Å². The Morgan fingerprint density at radius 2 is 1.91 bits per heavy atom. The van der Waals surface area contributed by atoms with Crippen molar-refractivity contribution < 1.29 is 19.0 Å². The number of rotatable bonds is 8. The van der Waals surface area contributed by atoms with E-state index in [0.717, 1.165) is 5.56 Å². The number of hydrogen-bond acceptors (Lipinski definition) is 9. The van der Waals surface area contributed by atoms with Gasteiger partial charge < -0.3 is 19.5 Å². The zero-order valence-electron chi connectivity index (χ0n) is 17.8. The van der Waals surface area contributed by atoms with Gasteiger partial charge in [-0.2, -0.15) is 5.10 Å². The molecular weight excluding hydrogens is 446 g/mol. The quantitative estimate of drug-likeness (QED) is 0.371. The highest BCUT2D eigenvalue weighted by atomic mass is 32.1. The van der Waals surface area contributed by atoms with Crippen LogP contribution in [-0.2, 0) is 11.3 Å². The van der Waals surface area contributed by atoms with Crippen molar-refractivity contribution in [2.75, 3.05) is 20.8 Å². The lowest BCUT2D eigenvalue weighted by atomic mass is 10.3. The average Bonchev–Trinajstić information content (AvgIpc) is 3.54. The van der Waals surface area contributed by atoms with Crippen molar-refractivity contribution in [3.63, 3.8) is 0 Å². The predicted octanol–water partition coefficient (Wildman–Crippen LogP) is 2.21. The van der Waals surface area contributed by atoms with Gasteiger partial charge in [0, 0.05) is 25.0 Å². The normalized spacial score (nSPS) is 11.1. The Hall–Kier alpha value is -4.19. The number of nitrogens with zero attached hydrogens (tertiary/aromatic N) is 6. The first-order chi connectivity index (χ1) is 16.1. The van der Waals surface area contributed by atoms with Gasteiger partial charge in [0.2, 0.25) is 4.96 Å². The maximum atomic E-state index is 12.3. The Bertz CT molecular complexity index is 1400. The van der Waals surface area contributed by atoms with Crippen LogP contribution in [-0.4, -0.2) is 55.9 Å². The molecule has 5 aromatic rings. The van der Waals surface area contributed by atoms with Gasteiger partial charge in [0.25, 0.3) is 11.1 Å². The van der Waals surface area contributed by atoms with Gasteiger partial charge in [0.15, 0.2) is 6.61 Å². The second-order valence-corrected chi connectivity index (χ2v) is 7.87. The molecule has 5 heterocycles. The van der Waals surface area contributed by atoms with E-state index >= 15 is 0 Å². The third kappa shape index (κ3) is 4.28. The van der Waals surface area contributed by atoms with Crippen LogP contribution in [0.5, 0.6) is 16.7 Å². The lowest BCUT2D eigenvalue weighted by Crippen LogP contribution is -2.28. The maximum absolute atomic E-state index is 12.3. The number of aromatic nitrogens is 6. The van der Waals surface area contributed by atoms with Gasteiger partial charge in [0.1, 0.15) is 28.4 Å². The van der Waals surface area contributed by atoms with Crippen LogP contribution in [0.3, 0.4) is 0 Å². The Kier molecular flexibility index (Phi) is 5.48. The van der Waals surface area contributed by atoms with E-state index in [1.54, 1.807) is 54.1 Å². The molecule has 0 fully saturated rings. The summed E-state index contributed by atoms with van der Waals surface area (Å²) in [7, 11) is 3.12. The minimum Gasteiger partial charge on any atom is -0.495 e. The van der Waals surface area contributed by atoms with Crippen molar-refractivity contribution >= 4 is 27.7 Å². The minimum atomic E-state index is -0.248. The number of pyridine rings is 2. The number of ether oxygens (including phenoxy) is 3. The van der Waals surface area contributed by atoms with Gasteiger partial charge in [-0.15, -0.1) is 5.10 Å². The van der Waals surface area contributed by atoms with Crippen LogP contribution >= 0.6 is 11.3 Å². The molecule has 0 unspecified atom stereocenters. The van der Waals surface area contributed by atoms with Gasteiger partial charge in [-0.25, -0.2) is 14.0 Å². The molecule has 0 saturated carbocycles. The standard InChI is InChI=1S/C21H19N7O4S/c1-30-14-7-18(32-12-19(29)23-9-13-3-5-22-6-4-13)17-8-15(25-27(17)10-14)16-11-28-20(24-16)33-21(26-28)31-2/h3-8,10-11H,9,12H2,1-2H3,(H,23,29). The summed E-state index contributed by atoms with van der Waals surface area (Å²) in [6.45, 7) is 0.240. The smallest absolute Gasteiger partial charge is 0.294 e. The second-order valence-electron chi connectivity index (χ2n) is 6.95. The lowest BCUT2D eigenvalue weighted by Gasteiger charge is -2.10. The number of methoxy groups -OCH3 is 2. The Morgan fingerprint density at radius 3 is 2.67 bits per heavy atom. The number of carbonyl (C=O) groups excluding carboxylic acids is 1. The Morgan fingerprint density at radius 1 is 1.06 bits per heavy atom. The topological polar surface area (TPSA) is 117 Å². The molecule has 0 spiro atoms. The first-order valence-corrected chi connectivity index (χ1v) is 10.7. The molecule has 0 radical (unpaired) electrons. The summed E-state index contributed by atoms with van der Waals surface area (Å²) in [6, 6.07) is 7.24. The SMILES string of the molecule is COc1cc(OCC(=O)NCc2ccncc2)c2cc(-c3cn4nc(OC)sc4n3)nn2c1. The van der Waals surface area contributed by atoms with E-state index in [1.807, 2.05) is 18.2 Å². The molecule has 12 heteroatoms. The van der Waals surface area contributed by atoms with Gasteiger partial charge in [-0.05, 0) is 35.1 Å². The molecule has 0 aliphatic heterocycles. The molecular formula is C21H19N7O4S. The van der Waals surface area contributed by atoms with Gasteiger partial charge >= 0.3 is 0 Å². The van der Waals surface area contributed by atoms with Crippen molar-refractivity contribution in [1.82, 2.24) is 34.5 Å². The van der Waals surface area contributed by atoms with Gasteiger partial charge in [0.05, 0.1) is 26.6 Å². The van der Waals surface area contributed by atoms with Gasteiger partial charge in [-0.3, -0.25) is 9.78 Å². The Balaban J connectivity index is 1.36. The number of imidazole rings is 1. The number of nitrogens with one attached hydrogen (secondary N) is 1. The van der Waals surface area contributed by atoms with E-state index in [2.05, 4.69) is 25.5 Å². The number of amides is 1. The summed E-state index contributed by atoms with van der Waals surface area (Å²) in [4.78, 5) is 21.5. The summed E-state index contributed by atoms with van der Waals surface area (Å²) in [6.07, 6.45) is 6.87. The van der Waals surface area contributed by atoms with Gasteiger partial charge in [-0.1, -0.05) is 0 Å². The van der Waals surface area contributed by atoms with Crippen molar-refractivity contribution in [3.05, 3.63) is 54.6 Å². The summed E-state index contributed by atoms with van der Waals surface area (Å²) in [5.74, 6) is 0.761. The predicted molar refractivity (Wildman–Crippen MR) is 120 cm³/mol. The van der Waals surface area contributed by atoms with Crippen LogP contribution < -0.4 is 19.5 Å². The van der Waals surface area contributed by atoms with Crippen LogP contribution in [0.2, 0.25) is 0 Å². The number of fused-ring (bicyclic) bond motifs is 2. The van der Waals surface area contributed by atoms with E-state index in [-0.39, 0.29) is 12.5 Å². The fourth-order valence-electron chi connectivity index (χ4n) is 3.17. The number of carbonyl (C=O) groups is 1. The third-order valence-corrected chi connectivity index (χ3v) is 5.69. The van der Waals surface area contributed by atoms with E-state index in [9.17, 15) is 4.79 Å². The molecule has 0 saturated heterocycles. The highest BCUT2D eigenvalue weighted by Gasteiger charge is 2.16. The van der Waals surface area contributed by atoms with Crippen molar-refractivity contribution in [3.8, 4) is 28.1 Å². The summed E-state index contributed by atoms with van der Waals surface area (Å²) in [5, 5.41) is 12.2. The molecule has 0 aromatic carbocycles. The highest BCUT2D eigenvalue weighted by molar-refractivity contribution is 7.18. The second kappa shape index (κ2) is 8.74. The van der Waals surface area contributed by atoms with Crippen LogP contribution in [0.15, 0.2) is 49.1 Å². The third-order valence-electron chi connectivity index (χ3n) is 4.81. The molecule has 0 aliphatic rings. The van der Waals surface area contributed by atoms with E-state index in [1.165, 1.54) is 11.3 Å². The molecule has 168 valence electrons. The summed E-state index contributed by atoms with van der Waals surface area (Å²) in [5.41, 5.74) is 2.91. The fraction of sp³-hybridized carbons (Fsp3) is 0.190. The average molecular weight is 465 g/mol. The molecule has 5 rings (SSSR count). The molecule has 11 nitrogen and oxygen atoms in total. The molecule has 33 heavy (non-hydrogen) atoms. The molecule has 1 N–H and O–H groups in total. The fourth-order valence-corrected chi connectivity index (χ4v) is 3.87. The van der Waals surface area contributed by atoms with E-state index in [0.29, 0.717) is 45.1 Å². The zero-order valence-corrected chi connectivity index (χ0v) is 18.6. The van der Waals surface area contributed by atoms with Crippen LogP contribution in [0.25, 0.3) is 21.9 Å². The minimum absolute atomic E-state index is 0.154. The van der Waals surface area contributed by atoms with Crippen molar-refractivity contribution in [2.24, 2.45) is 0 Å². The van der Waals surface area contributed by atoms with Crippen LogP contribution in [0.1, 0.15) is 5.56 Å². The first kappa shape index (κ1) is 20.7. The summed E-state index contributed by atoms with van der Waals surface area (Å²) < 4.78 is 19.6. The highest BCUT2D eigenvalue weighted by Crippen LogP contribution is 2.30. The van der Waals surface area contributed by atoms with Crippen LogP contribution in [0, 0.1) is 0 Å². The van der Waals surface area contributed by atoms with E-state index in [4.69, 9.17) is 14.2 Å². The van der Waals surface area contributed by atoms with Crippen LogP contribution in [0.4, 0.5) is 0 Å². The molecule has 0 aliphatic carbocycles. The van der Waals surface area contributed by atoms with E-state index < -0.39 is 0 Å². The molecule has 1 amide bonds. The zero-order chi connectivity index (χ0) is 22.8. The first-order valence-electron chi connectivity index (χ1n) is 9.89. The maximum Gasteiger partial charge on any atom is 0.294 e. The Labute approximate surface area is 191 Å². The largest absolute Gasteiger partial charge is 0.495 e. The number of hydrogen-bond donors (Lipinski definition) is 1. The monoisotopic (exact) mass is 465 g/mol. The molecule has 0 atom stereocenters. The molecule has 0 bridgehead atoms.